The third-order valence-electron chi connectivity index (χ3n) is 6.07. The highest BCUT2D eigenvalue weighted by Gasteiger charge is 2.37. The van der Waals surface area contributed by atoms with Crippen LogP contribution in [-0.4, -0.2) is 43.9 Å². The highest BCUT2D eigenvalue weighted by Crippen LogP contribution is 2.34. The predicted octanol–water partition coefficient (Wildman–Crippen LogP) is 4.12. The van der Waals surface area contributed by atoms with Crippen molar-refractivity contribution in [1.82, 2.24) is 25.5 Å². The number of nitrogens with zero attached hydrogens (tertiary/aromatic N) is 4. The fourth-order valence-electron chi connectivity index (χ4n) is 4.31. The van der Waals surface area contributed by atoms with Crippen LogP contribution < -0.4 is 5.32 Å². The number of likely N-dealkylation sites (tertiary alicyclic amines) is 1. The van der Waals surface area contributed by atoms with Crippen molar-refractivity contribution >= 4 is 28.6 Å². The Hall–Kier alpha value is -3.30. The van der Waals surface area contributed by atoms with Gasteiger partial charge in [0, 0.05) is 34.8 Å². The van der Waals surface area contributed by atoms with E-state index < -0.39 is 0 Å². The number of fused-ring (bicyclic) bond motifs is 1. The first-order valence-electron chi connectivity index (χ1n) is 11.1. The number of halogens is 1. The van der Waals surface area contributed by atoms with Crippen LogP contribution in [0.2, 0.25) is 0 Å². The number of aryl methyl sites for hydroxylation is 1. The van der Waals surface area contributed by atoms with E-state index in [-0.39, 0.29) is 29.6 Å². The van der Waals surface area contributed by atoms with E-state index in [0.29, 0.717) is 24.4 Å². The van der Waals surface area contributed by atoms with Crippen LogP contribution >= 0.6 is 11.8 Å². The van der Waals surface area contributed by atoms with Crippen LogP contribution in [0.3, 0.4) is 0 Å². The summed E-state index contributed by atoms with van der Waals surface area (Å²) in [5, 5.41) is 11.9. The van der Waals surface area contributed by atoms with Crippen LogP contribution in [0.15, 0.2) is 70.3 Å². The summed E-state index contributed by atoms with van der Waals surface area (Å²) in [6.45, 7) is 3.43. The number of thioether (sulfide) groups is 1. The first-order valence-corrected chi connectivity index (χ1v) is 12.0. The molecule has 0 unspecified atom stereocenters. The van der Waals surface area contributed by atoms with E-state index >= 15 is 0 Å². The molecule has 34 heavy (non-hydrogen) atoms. The summed E-state index contributed by atoms with van der Waals surface area (Å²) in [6.07, 6.45) is 2.50. The van der Waals surface area contributed by atoms with Gasteiger partial charge in [-0.3, -0.25) is 14.7 Å². The number of amides is 1. The van der Waals surface area contributed by atoms with Crippen LogP contribution in [0.1, 0.15) is 23.4 Å². The second kappa shape index (κ2) is 9.90. The number of hydrogen-bond acceptors (Lipinski definition) is 7. The molecule has 174 valence electrons. The zero-order chi connectivity index (χ0) is 23.5. The monoisotopic (exact) mass is 477 g/mol. The summed E-state index contributed by atoms with van der Waals surface area (Å²) in [5.41, 5.74) is 3.35. The summed E-state index contributed by atoms with van der Waals surface area (Å²) < 4.78 is 18.1. The van der Waals surface area contributed by atoms with Crippen molar-refractivity contribution in [3.8, 4) is 0 Å². The molecule has 2 aromatic heterocycles. The van der Waals surface area contributed by atoms with Gasteiger partial charge < -0.3 is 5.32 Å². The first kappa shape index (κ1) is 22.5. The lowest BCUT2D eigenvalue weighted by Gasteiger charge is -2.24. The summed E-state index contributed by atoms with van der Waals surface area (Å²) in [6, 6.07) is 16.3. The molecule has 4 aromatic rings. The van der Waals surface area contributed by atoms with Crippen molar-refractivity contribution in [1.29, 1.82) is 0 Å². The highest BCUT2D eigenvalue weighted by molar-refractivity contribution is 8.00. The van der Waals surface area contributed by atoms with E-state index in [1.165, 1.54) is 12.1 Å². The molecule has 1 N–H and O–H groups in total. The molecule has 1 fully saturated rings. The number of pyridine rings is 1. The van der Waals surface area contributed by atoms with Crippen molar-refractivity contribution < 1.29 is 13.8 Å². The van der Waals surface area contributed by atoms with E-state index in [9.17, 15) is 9.18 Å². The highest BCUT2D eigenvalue weighted by atomic mass is 32.2. The zero-order valence-electron chi connectivity index (χ0n) is 18.6. The maximum absolute atomic E-state index is 13.3. The van der Waals surface area contributed by atoms with Gasteiger partial charge in [-0.1, -0.05) is 28.5 Å². The van der Waals surface area contributed by atoms with Gasteiger partial charge in [0.25, 0.3) is 0 Å². The molecule has 2 aromatic carbocycles. The van der Waals surface area contributed by atoms with Gasteiger partial charge in [0.2, 0.25) is 5.91 Å². The van der Waals surface area contributed by atoms with Crippen LogP contribution in [0.5, 0.6) is 0 Å². The molecular formula is C25H24FN5O2S. The van der Waals surface area contributed by atoms with Gasteiger partial charge in [0.15, 0.2) is 0 Å². The van der Waals surface area contributed by atoms with Crippen LogP contribution in [-0.2, 0) is 17.9 Å². The van der Waals surface area contributed by atoms with Gasteiger partial charge in [0.1, 0.15) is 17.2 Å². The number of rotatable bonds is 7. The molecule has 2 atom stereocenters. The molecule has 7 nitrogen and oxygen atoms in total. The molecule has 1 saturated heterocycles. The number of aromatic nitrogens is 3. The Morgan fingerprint density at radius 1 is 1.18 bits per heavy atom. The van der Waals surface area contributed by atoms with Gasteiger partial charge in [-0.15, -0.1) is 11.8 Å². The van der Waals surface area contributed by atoms with Crippen LogP contribution in [0.25, 0.3) is 10.9 Å². The molecular weight excluding hydrogens is 453 g/mol. The van der Waals surface area contributed by atoms with E-state index in [2.05, 4.69) is 31.6 Å². The molecule has 1 aliphatic rings. The van der Waals surface area contributed by atoms with Crippen molar-refractivity contribution in [3.05, 3.63) is 83.6 Å². The maximum atomic E-state index is 13.3. The summed E-state index contributed by atoms with van der Waals surface area (Å²) in [5.74, 6) is -0.306. The summed E-state index contributed by atoms with van der Waals surface area (Å²) in [4.78, 5) is 20.9. The molecule has 9 heteroatoms. The molecule has 0 spiro atoms. The summed E-state index contributed by atoms with van der Waals surface area (Å²) in [7, 11) is 0. The number of benzene rings is 2. The normalized spacial score (nSPS) is 18.4. The average Bonchev–Trinajstić information content (AvgIpc) is 3.44. The minimum atomic E-state index is -0.301. The fourth-order valence-corrected chi connectivity index (χ4v) is 5.53. The largest absolute Gasteiger partial charge is 0.349 e. The Balaban J connectivity index is 1.35. The third kappa shape index (κ3) is 4.95. The van der Waals surface area contributed by atoms with Crippen LogP contribution in [0, 0.1) is 12.7 Å². The number of nitrogens with one attached hydrogen (secondary N) is 1. The molecule has 5 rings (SSSR count). The smallest absolute Gasteiger partial charge is 0.237 e. The van der Waals surface area contributed by atoms with Crippen LogP contribution in [0.4, 0.5) is 4.39 Å². The molecule has 0 saturated carbocycles. The third-order valence-corrected chi connectivity index (χ3v) is 7.29. The maximum Gasteiger partial charge on any atom is 0.237 e. The van der Waals surface area contributed by atoms with Gasteiger partial charge in [-0.2, -0.15) is 0 Å². The van der Waals surface area contributed by atoms with E-state index in [0.717, 1.165) is 27.9 Å². The Morgan fingerprint density at radius 2 is 2.00 bits per heavy atom. The molecule has 1 aliphatic heterocycles. The predicted molar refractivity (Wildman–Crippen MR) is 127 cm³/mol. The number of carbonyl (C=O) groups is 1. The SMILES string of the molecule is Cc1nonc1CNC(=O)[C@@H]1C[C@@H](Sc2ccc(F)cc2)CN1Cc1ccnc2ccccc12. The van der Waals surface area contributed by atoms with E-state index in [4.69, 9.17) is 4.63 Å². The van der Waals surface area contributed by atoms with Gasteiger partial charge >= 0.3 is 0 Å². The van der Waals surface area contributed by atoms with Crippen molar-refractivity contribution in [2.45, 2.75) is 42.6 Å². The van der Waals surface area contributed by atoms with Crippen molar-refractivity contribution in [2.24, 2.45) is 0 Å². The molecule has 1 amide bonds. The van der Waals surface area contributed by atoms with Crippen molar-refractivity contribution in [3.63, 3.8) is 0 Å². The first-order chi connectivity index (χ1) is 16.6. The van der Waals surface area contributed by atoms with Gasteiger partial charge in [-0.25, -0.2) is 9.02 Å². The minimum absolute atomic E-state index is 0.0528. The quantitative estimate of drug-likeness (QED) is 0.429. The summed E-state index contributed by atoms with van der Waals surface area (Å²) >= 11 is 1.68. The lowest BCUT2D eigenvalue weighted by molar-refractivity contribution is -0.125. The average molecular weight is 478 g/mol. The second-order valence-corrected chi connectivity index (χ2v) is 9.75. The molecule has 3 heterocycles. The Kier molecular flexibility index (Phi) is 6.55. The standard InChI is InChI=1S/C25H24FN5O2S/c1-16-23(30-33-29-16)13-28-25(32)24-12-20(34-19-8-6-18(26)7-9-19)15-31(24)14-17-10-11-27-22-5-3-2-4-21(17)22/h2-11,20,24H,12-15H2,1H3,(H,28,32)/t20-,24+/m1/s1. The Bertz CT molecular complexity index is 1290. The molecule has 0 aliphatic carbocycles. The number of para-hydroxylation sites is 1. The number of hydrogen-bond donors (Lipinski definition) is 1. The Labute approximate surface area is 200 Å². The lowest BCUT2D eigenvalue weighted by atomic mass is 10.1. The van der Waals surface area contributed by atoms with Crippen molar-refractivity contribution in [2.75, 3.05) is 6.54 Å². The zero-order valence-corrected chi connectivity index (χ0v) is 19.5. The topological polar surface area (TPSA) is 84.2 Å². The molecule has 0 bridgehead atoms. The van der Waals surface area contributed by atoms with E-state index in [1.54, 1.807) is 30.8 Å². The minimum Gasteiger partial charge on any atom is -0.349 e. The molecule has 0 radical (unpaired) electrons. The van der Waals surface area contributed by atoms with E-state index in [1.807, 2.05) is 30.5 Å². The number of carbonyl (C=O) groups excluding carboxylic acids is 1. The Morgan fingerprint density at radius 3 is 2.79 bits per heavy atom. The lowest BCUT2D eigenvalue weighted by Crippen LogP contribution is -2.42. The fraction of sp³-hybridized carbons (Fsp3) is 0.280. The van der Waals surface area contributed by atoms with Gasteiger partial charge in [0.05, 0.1) is 18.1 Å². The van der Waals surface area contributed by atoms with Gasteiger partial charge in [-0.05, 0) is 55.3 Å². The second-order valence-electron chi connectivity index (χ2n) is 8.38.